The van der Waals surface area contributed by atoms with Crippen molar-refractivity contribution >= 4 is 33.7 Å². The molecule has 2 rings (SSSR count). The maximum Gasteiger partial charge on any atom is 0.306 e. The number of aromatic hydroxyl groups is 1. The van der Waals surface area contributed by atoms with Gasteiger partial charge in [-0.25, -0.2) is 4.39 Å². The maximum absolute atomic E-state index is 14.1. The summed E-state index contributed by atoms with van der Waals surface area (Å²) in [6, 6.07) is -0.143. The van der Waals surface area contributed by atoms with Crippen LogP contribution < -0.4 is 5.73 Å². The maximum atomic E-state index is 14.1. The number of ether oxygens (including phenoxy) is 1. The highest BCUT2D eigenvalue weighted by atomic mass is 79.9. The predicted molar refractivity (Wildman–Crippen MR) is 93.7 cm³/mol. The molecule has 142 valence electrons. The summed E-state index contributed by atoms with van der Waals surface area (Å²) in [6.45, 7) is 4.94. The Hall–Kier alpha value is -2.16. The number of hydrogen-bond donors (Lipinski definition) is 2. The van der Waals surface area contributed by atoms with Crippen molar-refractivity contribution in [1.29, 1.82) is 0 Å². The monoisotopic (exact) mass is 430 g/mol. The summed E-state index contributed by atoms with van der Waals surface area (Å²) in [5.74, 6) is -3.20. The van der Waals surface area contributed by atoms with Gasteiger partial charge < -0.3 is 20.5 Å². The van der Waals surface area contributed by atoms with E-state index in [1.807, 2.05) is 0 Å². The minimum absolute atomic E-state index is 0.0620. The second kappa shape index (κ2) is 7.22. The predicted octanol–water partition coefficient (Wildman–Crippen LogP) is 2.23. The fourth-order valence-corrected chi connectivity index (χ4v) is 3.22. The van der Waals surface area contributed by atoms with Gasteiger partial charge >= 0.3 is 5.97 Å². The van der Waals surface area contributed by atoms with Crippen LogP contribution in [-0.2, 0) is 20.9 Å². The molecule has 0 fully saturated rings. The van der Waals surface area contributed by atoms with E-state index in [1.54, 1.807) is 20.8 Å². The first-order chi connectivity index (χ1) is 11.9. The largest absolute Gasteiger partial charge is 0.506 e. The molecule has 0 saturated carbocycles. The lowest BCUT2D eigenvalue weighted by molar-refractivity contribution is -0.155. The van der Waals surface area contributed by atoms with Gasteiger partial charge in [0, 0.05) is 12.0 Å². The van der Waals surface area contributed by atoms with E-state index in [2.05, 4.69) is 15.9 Å². The summed E-state index contributed by atoms with van der Waals surface area (Å²) in [5, 5.41) is 10.1. The first-order valence-corrected chi connectivity index (χ1v) is 8.73. The summed E-state index contributed by atoms with van der Waals surface area (Å²) in [7, 11) is 0. The van der Waals surface area contributed by atoms with Gasteiger partial charge in [-0.3, -0.25) is 14.4 Å². The van der Waals surface area contributed by atoms with Crippen LogP contribution in [0.2, 0.25) is 0 Å². The van der Waals surface area contributed by atoms with Crippen molar-refractivity contribution < 1.29 is 28.6 Å². The van der Waals surface area contributed by atoms with Crippen LogP contribution in [0.15, 0.2) is 10.5 Å². The van der Waals surface area contributed by atoms with Crippen LogP contribution in [-0.4, -0.2) is 39.4 Å². The number of fused-ring (bicyclic) bond motifs is 1. The Morgan fingerprint density at radius 2 is 2.08 bits per heavy atom. The highest BCUT2D eigenvalue weighted by molar-refractivity contribution is 9.10. The lowest BCUT2D eigenvalue weighted by atomic mass is 10.1. The molecular formula is C17H20BrFN2O5. The van der Waals surface area contributed by atoms with Crippen LogP contribution in [0, 0.1) is 5.82 Å². The molecule has 1 aliphatic heterocycles. The van der Waals surface area contributed by atoms with Crippen LogP contribution in [0.3, 0.4) is 0 Å². The van der Waals surface area contributed by atoms with E-state index >= 15 is 0 Å². The molecule has 0 spiro atoms. The minimum atomic E-state index is -1.13. The average molecular weight is 431 g/mol. The molecule has 0 saturated heterocycles. The molecule has 0 unspecified atom stereocenters. The molecule has 1 aromatic carbocycles. The number of primary amides is 1. The zero-order valence-corrected chi connectivity index (χ0v) is 16.2. The fraction of sp³-hybridized carbons (Fsp3) is 0.471. The zero-order valence-electron chi connectivity index (χ0n) is 14.6. The Kier molecular flexibility index (Phi) is 5.60. The van der Waals surface area contributed by atoms with Crippen LogP contribution in [0.25, 0.3) is 0 Å². The number of esters is 1. The quantitative estimate of drug-likeness (QED) is 0.695. The van der Waals surface area contributed by atoms with Crippen LogP contribution >= 0.6 is 15.9 Å². The van der Waals surface area contributed by atoms with Gasteiger partial charge in [0.15, 0.2) is 0 Å². The Labute approximate surface area is 158 Å². The summed E-state index contributed by atoms with van der Waals surface area (Å²) in [6.07, 6.45) is -0.198. The van der Waals surface area contributed by atoms with Gasteiger partial charge in [0.05, 0.1) is 16.6 Å². The number of phenols is 1. The fourth-order valence-electron chi connectivity index (χ4n) is 2.78. The van der Waals surface area contributed by atoms with Crippen molar-refractivity contribution in [3.63, 3.8) is 0 Å². The smallest absolute Gasteiger partial charge is 0.306 e. The Balaban J connectivity index is 2.21. The third-order valence-corrected chi connectivity index (χ3v) is 4.46. The number of phenolic OH excluding ortho intramolecular Hbond substituents is 1. The van der Waals surface area contributed by atoms with Crippen molar-refractivity contribution in [3.8, 4) is 5.75 Å². The number of benzene rings is 1. The highest BCUT2D eigenvalue weighted by Gasteiger charge is 2.39. The van der Waals surface area contributed by atoms with E-state index in [9.17, 15) is 23.9 Å². The van der Waals surface area contributed by atoms with Crippen LogP contribution in [0.4, 0.5) is 4.39 Å². The van der Waals surface area contributed by atoms with Gasteiger partial charge in [-0.05, 0) is 49.2 Å². The zero-order chi connectivity index (χ0) is 19.8. The average Bonchev–Trinajstić information content (AvgIpc) is 2.81. The molecule has 1 heterocycles. The molecule has 1 aliphatic rings. The summed E-state index contributed by atoms with van der Waals surface area (Å²) in [5.41, 5.74) is 4.48. The van der Waals surface area contributed by atoms with E-state index in [0.717, 1.165) is 11.0 Å². The van der Waals surface area contributed by atoms with Crippen molar-refractivity contribution in [1.82, 2.24) is 4.90 Å². The molecule has 2 amide bonds. The number of hydrogen-bond acceptors (Lipinski definition) is 5. The van der Waals surface area contributed by atoms with Crippen molar-refractivity contribution in [2.75, 3.05) is 0 Å². The summed E-state index contributed by atoms with van der Waals surface area (Å²) < 4.78 is 19.4. The van der Waals surface area contributed by atoms with E-state index in [-0.39, 0.29) is 40.7 Å². The molecule has 1 aromatic rings. The van der Waals surface area contributed by atoms with E-state index in [0.29, 0.717) is 0 Å². The van der Waals surface area contributed by atoms with Gasteiger partial charge in [0.25, 0.3) is 5.91 Å². The number of halogens is 2. The third kappa shape index (κ3) is 4.14. The van der Waals surface area contributed by atoms with Gasteiger partial charge in [0.2, 0.25) is 5.91 Å². The van der Waals surface area contributed by atoms with Crippen LogP contribution in [0.5, 0.6) is 5.75 Å². The molecule has 7 nitrogen and oxygen atoms in total. The topological polar surface area (TPSA) is 110 Å². The number of rotatable bonds is 5. The first kappa shape index (κ1) is 20.2. The SMILES string of the molecule is CC(C)(C)OC(=O)CC[C@@H](C(N)=O)N1Cc2c(O)c(Br)cc(F)c2C1=O. The molecular weight excluding hydrogens is 411 g/mol. The Bertz CT molecular complexity index is 775. The second-order valence-electron chi connectivity index (χ2n) is 7.02. The molecule has 0 radical (unpaired) electrons. The molecule has 0 aromatic heterocycles. The molecule has 3 N–H and O–H groups in total. The highest BCUT2D eigenvalue weighted by Crippen LogP contribution is 2.38. The summed E-state index contributed by atoms with van der Waals surface area (Å²) >= 11 is 3.01. The molecule has 1 atom stereocenters. The van der Waals surface area contributed by atoms with E-state index in [4.69, 9.17) is 10.5 Å². The number of amides is 2. The standard InChI is InChI=1S/C17H20BrFN2O5/c1-17(2,3)26-12(22)5-4-11(15(20)24)21-7-8-13(16(21)25)10(19)6-9(18)14(8)23/h6,11,23H,4-5,7H2,1-3H3,(H2,20,24)/t11-/m0/s1. The van der Waals surface area contributed by atoms with Crippen molar-refractivity contribution in [3.05, 3.63) is 27.5 Å². The lowest BCUT2D eigenvalue weighted by Gasteiger charge is -2.25. The number of nitrogens with zero attached hydrogens (tertiary/aromatic N) is 1. The normalized spacial score (nSPS) is 15.0. The summed E-state index contributed by atoms with van der Waals surface area (Å²) in [4.78, 5) is 37.3. The second-order valence-corrected chi connectivity index (χ2v) is 7.87. The van der Waals surface area contributed by atoms with E-state index < -0.39 is 35.2 Å². The van der Waals surface area contributed by atoms with Gasteiger partial charge in [-0.15, -0.1) is 0 Å². The van der Waals surface area contributed by atoms with Crippen LogP contribution in [0.1, 0.15) is 49.5 Å². The molecule has 9 heteroatoms. The molecule has 0 aliphatic carbocycles. The van der Waals surface area contributed by atoms with Gasteiger partial charge in [-0.1, -0.05) is 0 Å². The van der Waals surface area contributed by atoms with Gasteiger partial charge in [-0.2, -0.15) is 0 Å². The minimum Gasteiger partial charge on any atom is -0.506 e. The number of carbonyl (C=O) groups excluding carboxylic acids is 3. The van der Waals surface area contributed by atoms with Crippen molar-refractivity contribution in [2.45, 2.75) is 51.8 Å². The third-order valence-electron chi connectivity index (χ3n) is 3.86. The Morgan fingerprint density at radius 3 is 2.62 bits per heavy atom. The van der Waals surface area contributed by atoms with E-state index in [1.165, 1.54) is 0 Å². The first-order valence-electron chi connectivity index (χ1n) is 7.94. The molecule has 0 bridgehead atoms. The molecule has 26 heavy (non-hydrogen) atoms. The number of nitrogens with two attached hydrogens (primary N) is 1. The van der Waals surface area contributed by atoms with Crippen molar-refractivity contribution in [2.24, 2.45) is 5.73 Å². The lowest BCUT2D eigenvalue weighted by Crippen LogP contribution is -2.45. The Morgan fingerprint density at radius 1 is 1.46 bits per heavy atom. The number of carbonyl (C=O) groups is 3. The van der Waals surface area contributed by atoms with Gasteiger partial charge in [0.1, 0.15) is 23.2 Å².